The molecule has 21 heavy (non-hydrogen) atoms. The molecular weight excluding hydrogens is 353 g/mol. The van der Waals surface area contributed by atoms with E-state index in [1.807, 2.05) is 0 Å². The number of hydrogen-bond donors (Lipinski definition) is 3. The fourth-order valence-electron chi connectivity index (χ4n) is 2.39. The summed E-state index contributed by atoms with van der Waals surface area (Å²) in [6, 6.07) is 0. The maximum Gasteiger partial charge on any atom is 1.00 e. The molecule has 1 aliphatic rings. The summed E-state index contributed by atoms with van der Waals surface area (Å²) in [6.45, 7) is 0.367. The van der Waals surface area contributed by atoms with Crippen LogP contribution < -0.4 is 109 Å². The Morgan fingerprint density at radius 3 is 1.67 bits per heavy atom. The first-order chi connectivity index (χ1) is 8.04. The van der Waals surface area contributed by atoms with Crippen LogP contribution >= 0.6 is 15.2 Å². The molecule has 2 unspecified atom stereocenters. The summed E-state index contributed by atoms with van der Waals surface area (Å²) in [7, 11) is -11.6. The molecular formula is C8H16NNa3O7P2. The van der Waals surface area contributed by atoms with E-state index in [4.69, 9.17) is 10.6 Å². The maximum atomic E-state index is 11.1. The van der Waals surface area contributed by atoms with Crippen LogP contribution in [0.15, 0.2) is 0 Å². The molecule has 0 aromatic carbocycles. The molecule has 1 rings (SSSR count). The van der Waals surface area contributed by atoms with E-state index < -0.39 is 26.2 Å². The van der Waals surface area contributed by atoms with Crippen LogP contribution in [0, 0.1) is 11.8 Å². The largest absolute Gasteiger partial charge is 1.00 e. The summed E-state index contributed by atoms with van der Waals surface area (Å²) < 4.78 is 22.1. The molecule has 0 spiro atoms. The van der Waals surface area contributed by atoms with Gasteiger partial charge in [0.2, 0.25) is 0 Å². The molecule has 0 saturated heterocycles. The predicted octanol–water partition coefficient (Wildman–Crippen LogP) is -11.1. The summed E-state index contributed by atoms with van der Waals surface area (Å²) in [5.41, 5.74) is 5.42. The van der Waals surface area contributed by atoms with Crippen molar-refractivity contribution in [3.05, 3.63) is 0 Å². The topological polar surface area (TPSA) is 170 Å². The van der Waals surface area contributed by atoms with Gasteiger partial charge in [-0.05, 0) is 45.7 Å². The Labute approximate surface area is 190 Å². The Kier molecular flexibility index (Phi) is 15.3. The zero-order valence-corrected chi connectivity index (χ0v) is 20.4. The number of aliphatic hydroxyl groups is 1. The minimum absolute atomic E-state index is 0. The van der Waals surface area contributed by atoms with Crippen LogP contribution in [0.3, 0.4) is 0 Å². The molecule has 0 aliphatic heterocycles. The van der Waals surface area contributed by atoms with Crippen LogP contribution in [-0.2, 0) is 9.13 Å². The Balaban J connectivity index is -0.00000108. The van der Waals surface area contributed by atoms with Crippen molar-refractivity contribution in [1.82, 2.24) is 0 Å². The molecule has 108 valence electrons. The van der Waals surface area contributed by atoms with Crippen LogP contribution in [-0.4, -0.2) is 21.6 Å². The molecule has 0 aromatic heterocycles. The molecule has 13 heteroatoms. The van der Waals surface area contributed by atoms with Gasteiger partial charge in [0, 0.05) is 5.92 Å². The average molecular weight is 369 g/mol. The quantitative estimate of drug-likeness (QED) is 0.324. The van der Waals surface area contributed by atoms with Crippen molar-refractivity contribution in [1.29, 1.82) is 0 Å². The zero-order chi connectivity index (χ0) is 14.2. The fraction of sp³-hybridized carbons (Fsp3) is 1.00. The van der Waals surface area contributed by atoms with E-state index in [0.717, 1.165) is 0 Å². The molecule has 2 atom stereocenters. The zero-order valence-electron chi connectivity index (χ0n) is 12.6. The van der Waals surface area contributed by atoms with Crippen LogP contribution in [0.2, 0.25) is 0 Å². The number of hydrogen-bond acceptors (Lipinski definition) is 7. The molecule has 4 N–H and O–H groups in total. The first-order valence-electron chi connectivity index (χ1n) is 5.52. The molecule has 0 heterocycles. The standard InChI is InChI=1S/C8H19NO7P2.3Na/c9-5-6-1-3-7(4-2-6)8(10,17(11,12)13)18(14,15)16;;;/h6-7,10H,1-5,9H2,(H2,11,12,13)(H2,14,15,16);;;/q;3*+1/p-3. The molecule has 0 amide bonds. The molecule has 0 aromatic rings. The van der Waals surface area contributed by atoms with Crippen molar-refractivity contribution in [2.45, 2.75) is 30.8 Å². The van der Waals surface area contributed by atoms with Gasteiger partial charge in [-0.25, -0.2) is 0 Å². The summed E-state index contributed by atoms with van der Waals surface area (Å²) in [5, 5.41) is 6.11. The summed E-state index contributed by atoms with van der Waals surface area (Å²) in [5.74, 6) is -1.21. The van der Waals surface area contributed by atoms with Crippen molar-refractivity contribution >= 4 is 15.2 Å². The van der Waals surface area contributed by atoms with E-state index in [9.17, 15) is 28.9 Å². The van der Waals surface area contributed by atoms with Gasteiger partial charge in [0.05, 0.1) is 0 Å². The third-order valence-corrected chi connectivity index (χ3v) is 7.41. The second-order valence-corrected chi connectivity index (χ2v) is 8.41. The maximum absolute atomic E-state index is 11.1. The SMILES string of the molecule is NCC1CCC(C(O)(P(=O)([O-])[O-])P(=O)([O-])O)CC1.[Na+].[Na+].[Na+]. The second-order valence-electron chi connectivity index (χ2n) is 4.66. The van der Waals surface area contributed by atoms with E-state index in [2.05, 4.69) is 0 Å². The Morgan fingerprint density at radius 2 is 1.43 bits per heavy atom. The van der Waals surface area contributed by atoms with Crippen LogP contribution in [0.4, 0.5) is 0 Å². The van der Waals surface area contributed by atoms with Crippen LogP contribution in [0.1, 0.15) is 25.7 Å². The van der Waals surface area contributed by atoms with Gasteiger partial charge in [-0.1, -0.05) is 0 Å². The third kappa shape index (κ3) is 6.80. The van der Waals surface area contributed by atoms with Gasteiger partial charge in [0.25, 0.3) is 0 Å². The van der Waals surface area contributed by atoms with Crippen molar-refractivity contribution in [3.63, 3.8) is 0 Å². The van der Waals surface area contributed by atoms with Gasteiger partial charge in [-0.3, -0.25) is 0 Å². The Bertz CT molecular complexity index is 371. The first-order valence-corrected chi connectivity index (χ1v) is 8.64. The van der Waals surface area contributed by atoms with Gasteiger partial charge in [0.1, 0.15) is 0 Å². The second kappa shape index (κ2) is 11.0. The van der Waals surface area contributed by atoms with E-state index in [0.29, 0.717) is 19.4 Å². The van der Waals surface area contributed by atoms with E-state index in [1.165, 1.54) is 0 Å². The average Bonchev–Trinajstić information content (AvgIpc) is 2.25. The Hall–Kier alpha value is 3.22. The molecule has 8 nitrogen and oxygen atoms in total. The van der Waals surface area contributed by atoms with Gasteiger partial charge in [-0.15, -0.1) is 0 Å². The minimum Gasteiger partial charge on any atom is -0.808 e. The fourth-order valence-corrected chi connectivity index (χ4v) is 5.06. The predicted molar refractivity (Wildman–Crippen MR) is 56.9 cm³/mol. The van der Waals surface area contributed by atoms with Crippen molar-refractivity contribution < 1.29 is 122 Å². The van der Waals surface area contributed by atoms with E-state index >= 15 is 0 Å². The molecule has 1 saturated carbocycles. The van der Waals surface area contributed by atoms with Gasteiger partial charge in [0.15, 0.2) is 12.7 Å². The van der Waals surface area contributed by atoms with Gasteiger partial charge >= 0.3 is 88.7 Å². The summed E-state index contributed by atoms with van der Waals surface area (Å²) in [4.78, 5) is 42.0. The molecule has 0 bridgehead atoms. The first kappa shape index (κ1) is 29.0. The monoisotopic (exact) mass is 369 g/mol. The van der Waals surface area contributed by atoms with Gasteiger partial charge < -0.3 is 39.5 Å². The molecule has 0 radical (unpaired) electrons. The summed E-state index contributed by atoms with van der Waals surface area (Å²) >= 11 is 0. The normalized spacial score (nSPS) is 27.9. The summed E-state index contributed by atoms with van der Waals surface area (Å²) in [6.07, 6.45) is 0.839. The minimum atomic E-state index is -5.91. The van der Waals surface area contributed by atoms with E-state index in [-0.39, 0.29) is 107 Å². The molecule has 1 fully saturated rings. The van der Waals surface area contributed by atoms with E-state index in [1.54, 1.807) is 0 Å². The number of nitrogens with two attached hydrogens (primary N) is 1. The van der Waals surface area contributed by atoms with Gasteiger partial charge in [-0.2, -0.15) is 0 Å². The van der Waals surface area contributed by atoms with Crippen LogP contribution in [0.5, 0.6) is 0 Å². The molecule has 1 aliphatic carbocycles. The van der Waals surface area contributed by atoms with Crippen molar-refractivity contribution in [2.24, 2.45) is 17.6 Å². The third-order valence-electron chi connectivity index (χ3n) is 3.55. The number of rotatable bonds is 4. The van der Waals surface area contributed by atoms with Crippen molar-refractivity contribution in [3.8, 4) is 0 Å². The van der Waals surface area contributed by atoms with Crippen LogP contribution in [0.25, 0.3) is 0 Å². The van der Waals surface area contributed by atoms with Crippen molar-refractivity contribution in [2.75, 3.05) is 6.54 Å². The Morgan fingerprint density at radius 1 is 1.05 bits per heavy atom. The smallest absolute Gasteiger partial charge is 0.808 e.